The Labute approximate surface area is 127 Å². The Morgan fingerprint density at radius 1 is 1.40 bits per heavy atom. The van der Waals surface area contributed by atoms with Crippen molar-refractivity contribution in [3.63, 3.8) is 0 Å². The first-order valence-electron chi connectivity index (χ1n) is 6.14. The van der Waals surface area contributed by atoms with E-state index in [1.165, 1.54) is 0 Å². The van der Waals surface area contributed by atoms with Gasteiger partial charge in [0.05, 0.1) is 10.7 Å². The molecule has 1 aromatic heterocycles. The standard InChI is InChI=1S/C15H15ClN2OS/c1-11-17-14(10-20-11)7-8-15(19)18(2)9-12-3-5-13(16)6-4-12/h3-8,10H,9H2,1-2H3/b8-7+. The van der Waals surface area contributed by atoms with Crippen LogP contribution in [0.15, 0.2) is 35.7 Å². The van der Waals surface area contributed by atoms with E-state index in [9.17, 15) is 4.79 Å². The van der Waals surface area contributed by atoms with Crippen molar-refractivity contribution in [2.75, 3.05) is 7.05 Å². The Kier molecular flexibility index (Phi) is 4.93. The van der Waals surface area contributed by atoms with Crippen LogP contribution in [0.2, 0.25) is 5.02 Å². The Balaban J connectivity index is 1.95. The summed E-state index contributed by atoms with van der Waals surface area (Å²) < 4.78 is 0. The summed E-state index contributed by atoms with van der Waals surface area (Å²) in [7, 11) is 1.77. The average Bonchev–Trinajstić information content (AvgIpc) is 2.84. The van der Waals surface area contributed by atoms with E-state index >= 15 is 0 Å². The zero-order chi connectivity index (χ0) is 14.5. The smallest absolute Gasteiger partial charge is 0.246 e. The highest BCUT2D eigenvalue weighted by Gasteiger charge is 2.06. The van der Waals surface area contributed by atoms with Crippen LogP contribution in [0.1, 0.15) is 16.3 Å². The Hall–Kier alpha value is -1.65. The second-order valence-electron chi connectivity index (χ2n) is 4.45. The molecule has 0 radical (unpaired) electrons. The number of likely N-dealkylation sites (N-methyl/N-ethyl adjacent to an activating group) is 1. The fourth-order valence-corrected chi connectivity index (χ4v) is 2.39. The molecule has 5 heteroatoms. The number of nitrogens with zero attached hydrogens (tertiary/aromatic N) is 2. The highest BCUT2D eigenvalue weighted by molar-refractivity contribution is 7.09. The predicted octanol–water partition coefficient (Wildman–Crippen LogP) is 3.78. The molecule has 104 valence electrons. The van der Waals surface area contributed by atoms with Crippen molar-refractivity contribution in [1.82, 2.24) is 9.88 Å². The molecule has 1 amide bonds. The number of thiazole rings is 1. The molecule has 3 nitrogen and oxygen atoms in total. The SMILES string of the molecule is Cc1nc(/C=C/C(=O)N(C)Cc2ccc(Cl)cc2)cs1. The van der Waals surface area contributed by atoms with Gasteiger partial charge in [-0.15, -0.1) is 11.3 Å². The molecule has 1 aromatic carbocycles. The highest BCUT2D eigenvalue weighted by atomic mass is 35.5. The average molecular weight is 307 g/mol. The van der Waals surface area contributed by atoms with Crippen molar-refractivity contribution in [2.45, 2.75) is 13.5 Å². The van der Waals surface area contributed by atoms with Crippen molar-refractivity contribution in [3.8, 4) is 0 Å². The number of rotatable bonds is 4. The van der Waals surface area contributed by atoms with E-state index in [-0.39, 0.29) is 5.91 Å². The third kappa shape index (κ3) is 4.18. The van der Waals surface area contributed by atoms with Crippen molar-refractivity contribution in [2.24, 2.45) is 0 Å². The molecule has 0 bridgehead atoms. The first-order valence-corrected chi connectivity index (χ1v) is 7.40. The van der Waals surface area contributed by atoms with Crippen LogP contribution in [-0.2, 0) is 11.3 Å². The monoisotopic (exact) mass is 306 g/mol. The number of carbonyl (C=O) groups is 1. The number of aromatic nitrogens is 1. The Morgan fingerprint density at radius 2 is 2.10 bits per heavy atom. The maximum atomic E-state index is 12.0. The molecule has 1 heterocycles. The first-order chi connectivity index (χ1) is 9.54. The van der Waals surface area contributed by atoms with Gasteiger partial charge in [-0.1, -0.05) is 23.7 Å². The molecule has 2 rings (SSSR count). The fourth-order valence-electron chi connectivity index (χ4n) is 1.68. The van der Waals surface area contributed by atoms with Gasteiger partial charge in [-0.3, -0.25) is 4.79 Å². The highest BCUT2D eigenvalue weighted by Crippen LogP contribution is 2.12. The summed E-state index contributed by atoms with van der Waals surface area (Å²) in [5.74, 6) is -0.0504. The number of halogens is 1. The molecule has 0 saturated carbocycles. The Morgan fingerprint density at radius 3 is 2.70 bits per heavy atom. The molecule has 0 saturated heterocycles. The van der Waals surface area contributed by atoms with Crippen LogP contribution in [-0.4, -0.2) is 22.8 Å². The van der Waals surface area contributed by atoms with Gasteiger partial charge in [0.25, 0.3) is 0 Å². The van der Waals surface area contributed by atoms with Gasteiger partial charge in [0.15, 0.2) is 0 Å². The fraction of sp³-hybridized carbons (Fsp3) is 0.200. The quantitative estimate of drug-likeness (QED) is 0.805. The van der Waals surface area contributed by atoms with E-state index in [2.05, 4.69) is 4.98 Å². The van der Waals surface area contributed by atoms with E-state index in [1.807, 2.05) is 36.6 Å². The minimum Gasteiger partial charge on any atom is -0.338 e. The maximum absolute atomic E-state index is 12.0. The number of hydrogen-bond acceptors (Lipinski definition) is 3. The van der Waals surface area contributed by atoms with E-state index in [0.29, 0.717) is 11.6 Å². The Bertz CT molecular complexity index is 619. The number of hydrogen-bond donors (Lipinski definition) is 0. The lowest BCUT2D eigenvalue weighted by molar-refractivity contribution is -0.125. The normalized spacial score (nSPS) is 10.9. The largest absolute Gasteiger partial charge is 0.338 e. The maximum Gasteiger partial charge on any atom is 0.246 e. The van der Waals surface area contributed by atoms with Gasteiger partial charge in [0.2, 0.25) is 5.91 Å². The number of carbonyl (C=O) groups excluding carboxylic acids is 1. The molecule has 2 aromatic rings. The van der Waals surface area contributed by atoms with Crippen LogP contribution in [0, 0.1) is 6.92 Å². The van der Waals surface area contributed by atoms with Crippen molar-refractivity contribution >= 4 is 34.9 Å². The van der Waals surface area contributed by atoms with E-state index in [1.54, 1.807) is 35.4 Å². The van der Waals surface area contributed by atoms with Crippen molar-refractivity contribution < 1.29 is 4.79 Å². The van der Waals surface area contributed by atoms with Gasteiger partial charge in [-0.25, -0.2) is 4.98 Å². The van der Waals surface area contributed by atoms with Crippen molar-refractivity contribution in [3.05, 3.63) is 57.0 Å². The minimum atomic E-state index is -0.0504. The molecule has 0 spiro atoms. The van der Waals surface area contributed by atoms with E-state index < -0.39 is 0 Å². The summed E-state index contributed by atoms with van der Waals surface area (Å²) in [6.45, 7) is 2.49. The third-order valence-electron chi connectivity index (χ3n) is 2.74. The third-order valence-corrected chi connectivity index (χ3v) is 3.79. The molecule has 0 unspecified atom stereocenters. The topological polar surface area (TPSA) is 33.2 Å². The molecule has 0 fully saturated rings. The van der Waals surface area contributed by atoms with Gasteiger partial charge in [-0.2, -0.15) is 0 Å². The second kappa shape index (κ2) is 6.68. The van der Waals surface area contributed by atoms with Crippen LogP contribution in [0.5, 0.6) is 0 Å². The van der Waals surface area contributed by atoms with Crippen LogP contribution >= 0.6 is 22.9 Å². The second-order valence-corrected chi connectivity index (χ2v) is 5.94. The number of amides is 1. The molecule has 0 aliphatic rings. The van der Waals surface area contributed by atoms with Crippen LogP contribution in [0.25, 0.3) is 6.08 Å². The summed E-state index contributed by atoms with van der Waals surface area (Å²) in [6.07, 6.45) is 3.29. The van der Waals surface area contributed by atoms with Gasteiger partial charge < -0.3 is 4.90 Å². The molecule has 0 N–H and O–H groups in total. The van der Waals surface area contributed by atoms with Gasteiger partial charge >= 0.3 is 0 Å². The predicted molar refractivity (Wildman–Crippen MR) is 83.8 cm³/mol. The molecule has 0 atom stereocenters. The molecule has 0 aliphatic heterocycles. The van der Waals surface area contributed by atoms with Crippen molar-refractivity contribution in [1.29, 1.82) is 0 Å². The minimum absolute atomic E-state index is 0.0504. The zero-order valence-corrected chi connectivity index (χ0v) is 12.9. The lowest BCUT2D eigenvalue weighted by Crippen LogP contribution is -2.24. The van der Waals surface area contributed by atoms with Crippen LogP contribution < -0.4 is 0 Å². The molecular formula is C15H15ClN2OS. The van der Waals surface area contributed by atoms with Crippen LogP contribution in [0.4, 0.5) is 0 Å². The number of benzene rings is 1. The summed E-state index contributed by atoms with van der Waals surface area (Å²) in [5, 5.41) is 3.62. The molecule has 20 heavy (non-hydrogen) atoms. The van der Waals surface area contributed by atoms with Gasteiger partial charge in [0.1, 0.15) is 0 Å². The van der Waals surface area contributed by atoms with Gasteiger partial charge in [-0.05, 0) is 30.7 Å². The van der Waals surface area contributed by atoms with Crippen LogP contribution in [0.3, 0.4) is 0 Å². The lowest BCUT2D eigenvalue weighted by Gasteiger charge is -2.15. The molecular weight excluding hydrogens is 292 g/mol. The summed E-state index contributed by atoms with van der Waals surface area (Å²) in [6, 6.07) is 7.48. The first kappa shape index (κ1) is 14.8. The summed E-state index contributed by atoms with van der Waals surface area (Å²) >= 11 is 7.40. The molecule has 0 aliphatic carbocycles. The number of aryl methyl sites for hydroxylation is 1. The van der Waals surface area contributed by atoms with E-state index in [4.69, 9.17) is 11.6 Å². The lowest BCUT2D eigenvalue weighted by atomic mass is 10.2. The van der Waals surface area contributed by atoms with E-state index in [0.717, 1.165) is 16.3 Å². The zero-order valence-electron chi connectivity index (χ0n) is 11.3. The summed E-state index contributed by atoms with van der Waals surface area (Å²) in [5.41, 5.74) is 1.86. The van der Waals surface area contributed by atoms with Gasteiger partial charge in [0, 0.05) is 30.1 Å². The summed E-state index contributed by atoms with van der Waals surface area (Å²) in [4.78, 5) is 17.9.